The van der Waals surface area contributed by atoms with Crippen molar-refractivity contribution in [1.82, 2.24) is 20.2 Å². The molecule has 6 heteroatoms. The van der Waals surface area contributed by atoms with E-state index in [1.807, 2.05) is 34.6 Å². The lowest BCUT2D eigenvalue weighted by Gasteiger charge is -2.08. The summed E-state index contributed by atoms with van der Waals surface area (Å²) in [6.07, 6.45) is 0. The molecule has 1 atom stereocenters. The predicted molar refractivity (Wildman–Crippen MR) is 77.7 cm³/mol. The zero-order valence-corrected chi connectivity index (χ0v) is 11.9. The van der Waals surface area contributed by atoms with E-state index in [2.05, 4.69) is 34.6 Å². The molecule has 102 valence electrons. The molecule has 1 heterocycles. The zero-order valence-electron chi connectivity index (χ0n) is 11.1. The van der Waals surface area contributed by atoms with Crippen LogP contribution in [0.2, 0.25) is 0 Å². The molecule has 0 saturated heterocycles. The van der Waals surface area contributed by atoms with Crippen molar-refractivity contribution in [2.24, 2.45) is 11.7 Å². The summed E-state index contributed by atoms with van der Waals surface area (Å²) >= 11 is 1.83. The van der Waals surface area contributed by atoms with Crippen LogP contribution >= 0.6 is 11.8 Å². The number of benzene rings is 1. The van der Waals surface area contributed by atoms with Gasteiger partial charge in [-0.05, 0) is 34.2 Å². The maximum absolute atomic E-state index is 5.60. The highest BCUT2D eigenvalue weighted by atomic mass is 32.2. The van der Waals surface area contributed by atoms with Gasteiger partial charge >= 0.3 is 0 Å². The molecule has 1 aromatic heterocycles. The standard InChI is InChI=1S/C13H19N5S/c1-11(7-14)9-19-10-13-15-16-17-18(13)8-12-5-3-2-4-6-12/h2-6,11H,7-10,14H2,1H3. The molecule has 0 bridgehead atoms. The fourth-order valence-corrected chi connectivity index (χ4v) is 2.67. The van der Waals surface area contributed by atoms with E-state index in [1.165, 1.54) is 5.56 Å². The molecule has 0 aliphatic carbocycles. The number of nitrogens with zero attached hydrogens (tertiary/aromatic N) is 4. The second-order valence-electron chi connectivity index (χ2n) is 4.59. The van der Waals surface area contributed by atoms with Gasteiger partial charge in [0, 0.05) is 0 Å². The van der Waals surface area contributed by atoms with Gasteiger partial charge in [0.25, 0.3) is 0 Å². The summed E-state index contributed by atoms with van der Waals surface area (Å²) in [5.41, 5.74) is 6.81. The van der Waals surface area contributed by atoms with Crippen LogP contribution in [0, 0.1) is 5.92 Å². The van der Waals surface area contributed by atoms with Crippen LogP contribution < -0.4 is 5.73 Å². The maximum atomic E-state index is 5.60. The highest BCUT2D eigenvalue weighted by molar-refractivity contribution is 7.98. The van der Waals surface area contributed by atoms with Crippen molar-refractivity contribution in [3.05, 3.63) is 41.7 Å². The van der Waals surface area contributed by atoms with Crippen LogP contribution in [0.5, 0.6) is 0 Å². The fourth-order valence-electron chi connectivity index (χ4n) is 1.63. The van der Waals surface area contributed by atoms with Crippen molar-refractivity contribution in [2.75, 3.05) is 12.3 Å². The van der Waals surface area contributed by atoms with Gasteiger partial charge in [0.15, 0.2) is 5.82 Å². The lowest BCUT2D eigenvalue weighted by molar-refractivity contribution is 0.630. The molecule has 1 unspecified atom stereocenters. The first-order chi connectivity index (χ1) is 9.29. The van der Waals surface area contributed by atoms with E-state index >= 15 is 0 Å². The van der Waals surface area contributed by atoms with Crippen LogP contribution in [0.25, 0.3) is 0 Å². The number of aromatic nitrogens is 4. The molecule has 2 rings (SSSR count). The highest BCUT2D eigenvalue weighted by Gasteiger charge is 2.07. The minimum atomic E-state index is 0.531. The smallest absolute Gasteiger partial charge is 0.161 e. The Morgan fingerprint density at radius 1 is 1.32 bits per heavy atom. The summed E-state index contributed by atoms with van der Waals surface area (Å²) in [5.74, 6) is 3.31. The molecule has 2 aromatic rings. The van der Waals surface area contributed by atoms with Gasteiger partial charge in [0.2, 0.25) is 0 Å². The van der Waals surface area contributed by atoms with E-state index in [1.54, 1.807) is 0 Å². The minimum Gasteiger partial charge on any atom is -0.330 e. The number of tetrazole rings is 1. The lowest BCUT2D eigenvalue weighted by Crippen LogP contribution is -2.13. The summed E-state index contributed by atoms with van der Waals surface area (Å²) < 4.78 is 1.86. The summed E-state index contributed by atoms with van der Waals surface area (Å²) in [6, 6.07) is 10.2. The van der Waals surface area contributed by atoms with E-state index in [4.69, 9.17) is 5.73 Å². The van der Waals surface area contributed by atoms with Gasteiger partial charge in [-0.2, -0.15) is 11.8 Å². The van der Waals surface area contributed by atoms with Crippen LogP contribution in [-0.4, -0.2) is 32.5 Å². The molecular formula is C13H19N5S. The Bertz CT molecular complexity index is 485. The van der Waals surface area contributed by atoms with Crippen LogP contribution in [0.4, 0.5) is 0 Å². The van der Waals surface area contributed by atoms with E-state index in [0.717, 1.165) is 30.4 Å². The summed E-state index contributed by atoms with van der Waals surface area (Å²) in [6.45, 7) is 3.60. The SMILES string of the molecule is CC(CN)CSCc1nnnn1Cc1ccccc1. The zero-order chi connectivity index (χ0) is 13.5. The van der Waals surface area contributed by atoms with Gasteiger partial charge in [-0.25, -0.2) is 4.68 Å². The van der Waals surface area contributed by atoms with Gasteiger partial charge < -0.3 is 5.73 Å². The van der Waals surface area contributed by atoms with Crippen LogP contribution in [0.3, 0.4) is 0 Å². The summed E-state index contributed by atoms with van der Waals surface area (Å²) in [7, 11) is 0. The van der Waals surface area contributed by atoms with Gasteiger partial charge in [0.05, 0.1) is 12.3 Å². The first-order valence-corrected chi connectivity index (χ1v) is 7.52. The third kappa shape index (κ3) is 4.33. The molecule has 19 heavy (non-hydrogen) atoms. The Hall–Kier alpha value is -1.40. The topological polar surface area (TPSA) is 69.6 Å². The molecule has 0 spiro atoms. The minimum absolute atomic E-state index is 0.531. The Morgan fingerprint density at radius 3 is 2.84 bits per heavy atom. The van der Waals surface area contributed by atoms with Gasteiger partial charge in [-0.3, -0.25) is 0 Å². The molecular weight excluding hydrogens is 258 g/mol. The maximum Gasteiger partial charge on any atom is 0.161 e. The summed E-state index contributed by atoms with van der Waals surface area (Å²) in [5, 5.41) is 11.9. The van der Waals surface area contributed by atoms with Crippen molar-refractivity contribution in [1.29, 1.82) is 0 Å². The Labute approximate surface area is 117 Å². The second-order valence-corrected chi connectivity index (χ2v) is 5.62. The lowest BCUT2D eigenvalue weighted by atomic mass is 10.2. The van der Waals surface area contributed by atoms with Crippen molar-refractivity contribution < 1.29 is 0 Å². The van der Waals surface area contributed by atoms with Crippen molar-refractivity contribution in [3.63, 3.8) is 0 Å². The number of hydrogen-bond acceptors (Lipinski definition) is 5. The number of nitrogens with two attached hydrogens (primary N) is 1. The Morgan fingerprint density at radius 2 is 2.11 bits per heavy atom. The average Bonchev–Trinajstić information content (AvgIpc) is 2.87. The first kappa shape index (κ1) is 14.0. The van der Waals surface area contributed by atoms with Crippen LogP contribution in [0.15, 0.2) is 30.3 Å². The van der Waals surface area contributed by atoms with E-state index < -0.39 is 0 Å². The van der Waals surface area contributed by atoms with Gasteiger partial charge in [-0.15, -0.1) is 5.10 Å². The molecule has 0 aliphatic heterocycles. The van der Waals surface area contributed by atoms with E-state index in [0.29, 0.717) is 5.92 Å². The number of thioether (sulfide) groups is 1. The fraction of sp³-hybridized carbons (Fsp3) is 0.462. The summed E-state index contributed by atoms with van der Waals surface area (Å²) in [4.78, 5) is 0. The van der Waals surface area contributed by atoms with Gasteiger partial charge in [0.1, 0.15) is 0 Å². The van der Waals surface area contributed by atoms with Crippen molar-refractivity contribution in [3.8, 4) is 0 Å². The molecule has 0 fully saturated rings. The number of rotatable bonds is 7. The highest BCUT2D eigenvalue weighted by Crippen LogP contribution is 2.13. The van der Waals surface area contributed by atoms with Crippen molar-refractivity contribution >= 4 is 11.8 Å². The molecule has 0 aliphatic rings. The second kappa shape index (κ2) is 7.25. The normalized spacial score (nSPS) is 12.5. The monoisotopic (exact) mass is 277 g/mol. The predicted octanol–water partition coefficient (Wildman–Crippen LogP) is 1.55. The third-order valence-electron chi connectivity index (χ3n) is 2.82. The quantitative estimate of drug-likeness (QED) is 0.831. The molecule has 5 nitrogen and oxygen atoms in total. The molecule has 1 aromatic carbocycles. The Balaban J connectivity index is 1.91. The number of hydrogen-bond donors (Lipinski definition) is 1. The van der Waals surface area contributed by atoms with E-state index in [-0.39, 0.29) is 0 Å². The van der Waals surface area contributed by atoms with Crippen LogP contribution in [0.1, 0.15) is 18.3 Å². The largest absolute Gasteiger partial charge is 0.330 e. The molecule has 0 radical (unpaired) electrons. The van der Waals surface area contributed by atoms with E-state index in [9.17, 15) is 0 Å². The molecule has 0 saturated carbocycles. The van der Waals surface area contributed by atoms with Gasteiger partial charge in [-0.1, -0.05) is 37.3 Å². The first-order valence-electron chi connectivity index (χ1n) is 6.36. The van der Waals surface area contributed by atoms with Crippen LogP contribution in [-0.2, 0) is 12.3 Å². The van der Waals surface area contributed by atoms with Crippen molar-refractivity contribution in [2.45, 2.75) is 19.2 Å². The molecule has 0 amide bonds. The third-order valence-corrected chi connectivity index (χ3v) is 4.08. The average molecular weight is 277 g/mol. The molecule has 2 N–H and O–H groups in total. The Kier molecular flexibility index (Phi) is 5.35.